The van der Waals surface area contributed by atoms with Crippen molar-refractivity contribution >= 4 is 87.4 Å². The van der Waals surface area contributed by atoms with Gasteiger partial charge in [-0.25, -0.2) is 0 Å². The molecule has 0 aliphatic rings. The summed E-state index contributed by atoms with van der Waals surface area (Å²) in [6.45, 7) is 0. The first-order chi connectivity index (χ1) is 0. The molecule has 0 bridgehead atoms. The van der Waals surface area contributed by atoms with Gasteiger partial charge in [-0.05, 0) is 0 Å². The van der Waals surface area contributed by atoms with Gasteiger partial charge in [-0.2, -0.15) is 0 Å². The quantitative estimate of drug-likeness (QED) is 0.417. The van der Waals surface area contributed by atoms with Crippen molar-refractivity contribution in [1.29, 1.82) is 0 Å². The maximum Gasteiger partial charge on any atom is 0 e. The molecule has 0 saturated carbocycles. The van der Waals surface area contributed by atoms with Crippen molar-refractivity contribution in [1.82, 2.24) is 0 Å². The number of hydrogen-bond acceptors (Lipinski definition) is 0. The van der Waals surface area contributed by atoms with Crippen LogP contribution in [0.5, 0.6) is 0 Å². The van der Waals surface area contributed by atoms with Crippen LogP contribution < -0.4 is 0 Å². The van der Waals surface area contributed by atoms with Gasteiger partial charge in [0, 0.05) is 107 Å². The molecule has 0 heterocycles. The van der Waals surface area contributed by atoms with Gasteiger partial charge in [0.1, 0.15) is 0 Å². The van der Waals surface area contributed by atoms with Gasteiger partial charge in [0.25, 0.3) is 0 Å². The molecule has 0 N–H and O–H groups in total. The summed E-state index contributed by atoms with van der Waals surface area (Å²) in [5, 5.41) is 0. The SMILES string of the molecule is [Li].[Mg].[Sr].[Zn]. The van der Waals surface area contributed by atoms with Crippen LogP contribution in [0.1, 0.15) is 0 Å². The molecule has 7 valence electrons. The summed E-state index contributed by atoms with van der Waals surface area (Å²) in [7, 11) is 0. The normalized spacial score (nSPS) is 0. The Labute approximate surface area is 104 Å². The zero-order chi connectivity index (χ0) is 0. The summed E-state index contributed by atoms with van der Waals surface area (Å²) < 4.78 is 0. The van der Waals surface area contributed by atoms with E-state index in [0.29, 0.717) is 0 Å². The summed E-state index contributed by atoms with van der Waals surface area (Å²) >= 11 is 0. The molecule has 4 heavy (non-hydrogen) atoms. The van der Waals surface area contributed by atoms with E-state index >= 15 is 0 Å². The molecule has 4 heteroatoms. The second kappa shape index (κ2) is 16.1. The van der Waals surface area contributed by atoms with Gasteiger partial charge in [0.05, 0.1) is 0 Å². The first-order valence-electron chi connectivity index (χ1n) is 0. The fraction of sp³-hybridized carbons (Fsp3) is 0. The second-order valence-corrected chi connectivity index (χ2v) is 0. The van der Waals surface area contributed by atoms with Gasteiger partial charge in [0.15, 0.2) is 0 Å². The predicted molar refractivity (Wildman–Crippen MR) is 17.3 cm³/mol. The van der Waals surface area contributed by atoms with Gasteiger partial charge in [-0.3, -0.25) is 0 Å². The summed E-state index contributed by atoms with van der Waals surface area (Å²) in [5.74, 6) is 0. The Hall–Kier alpha value is 3.47. The largest absolute Gasteiger partial charge is 0 e. The molecule has 0 amide bonds. The molecular formula is LiMgSrZn. The van der Waals surface area contributed by atoms with Crippen molar-refractivity contribution in [3.63, 3.8) is 0 Å². The van der Waals surface area contributed by atoms with E-state index in [-0.39, 0.29) is 107 Å². The van der Waals surface area contributed by atoms with E-state index in [1.807, 2.05) is 0 Å². The van der Waals surface area contributed by atoms with Gasteiger partial charge < -0.3 is 0 Å². The van der Waals surface area contributed by atoms with Crippen molar-refractivity contribution in [3.8, 4) is 0 Å². The van der Waals surface area contributed by atoms with E-state index in [1.165, 1.54) is 0 Å². The van der Waals surface area contributed by atoms with Crippen molar-refractivity contribution in [2.24, 2.45) is 0 Å². The third-order valence-corrected chi connectivity index (χ3v) is 0. The number of hydrogen-bond donors (Lipinski definition) is 0. The van der Waals surface area contributed by atoms with E-state index in [4.69, 9.17) is 0 Å². The molecule has 0 aliphatic heterocycles. The molecule has 0 saturated heterocycles. The van der Waals surface area contributed by atoms with Crippen molar-refractivity contribution in [3.05, 3.63) is 0 Å². The zero-order valence-electron chi connectivity index (χ0n) is 3.12. The summed E-state index contributed by atoms with van der Waals surface area (Å²) in [4.78, 5) is 0. The Balaban J connectivity index is 0. The molecule has 0 unspecified atom stereocenters. The van der Waals surface area contributed by atoms with Gasteiger partial charge >= 0.3 is 0 Å². The van der Waals surface area contributed by atoms with Crippen molar-refractivity contribution < 1.29 is 19.5 Å². The van der Waals surface area contributed by atoms with Crippen LogP contribution in [0.25, 0.3) is 0 Å². The zero-order valence-corrected chi connectivity index (χ0v) is 11.0. The minimum Gasteiger partial charge on any atom is 0 e. The third-order valence-electron chi connectivity index (χ3n) is 0. The Morgan fingerprint density at radius 3 is 1.00 bits per heavy atom. The summed E-state index contributed by atoms with van der Waals surface area (Å²) in [6, 6.07) is 0. The standard InChI is InChI=1S/Li.Mg.Sr.Zn. The third kappa shape index (κ3) is 9.08. The topological polar surface area (TPSA) is 0 Å². The van der Waals surface area contributed by atoms with Crippen molar-refractivity contribution in [2.75, 3.05) is 0 Å². The molecule has 0 aliphatic carbocycles. The molecule has 0 spiro atoms. The fourth-order valence-corrected chi connectivity index (χ4v) is 0. The minimum absolute atomic E-state index is 0. The average molecular weight is 184 g/mol. The van der Waals surface area contributed by atoms with Crippen LogP contribution in [0.2, 0.25) is 0 Å². The smallest absolute Gasteiger partial charge is 0 e. The van der Waals surface area contributed by atoms with E-state index in [9.17, 15) is 0 Å². The predicted octanol–water partition coefficient (Wildman–Crippen LogP) is -1.14. The Bertz CT molecular complexity index is 8.00. The van der Waals surface area contributed by atoms with E-state index in [2.05, 4.69) is 0 Å². The molecule has 0 aromatic rings. The molecule has 0 nitrogen and oxygen atoms in total. The maximum absolute atomic E-state index is 0. The van der Waals surface area contributed by atoms with Crippen molar-refractivity contribution in [2.45, 2.75) is 0 Å². The van der Waals surface area contributed by atoms with E-state index in [0.717, 1.165) is 0 Å². The fourth-order valence-electron chi connectivity index (χ4n) is 0. The van der Waals surface area contributed by atoms with Crippen LogP contribution in [0.4, 0.5) is 0 Å². The molecular weight excluding hydrogens is 184 g/mol. The number of rotatable bonds is 0. The van der Waals surface area contributed by atoms with Gasteiger partial charge in [0.2, 0.25) is 0 Å². The van der Waals surface area contributed by atoms with Gasteiger partial charge in [-0.15, -0.1) is 0 Å². The van der Waals surface area contributed by atoms with Crippen LogP contribution in [0.3, 0.4) is 0 Å². The molecule has 0 aromatic carbocycles. The minimum atomic E-state index is 0. The molecule has 5 radical (unpaired) electrons. The van der Waals surface area contributed by atoms with Crippen LogP contribution in [0, 0.1) is 0 Å². The second-order valence-electron chi connectivity index (χ2n) is 0. The van der Waals surface area contributed by atoms with Crippen LogP contribution in [-0.2, 0) is 19.5 Å². The van der Waals surface area contributed by atoms with E-state index < -0.39 is 0 Å². The van der Waals surface area contributed by atoms with E-state index in [1.54, 1.807) is 0 Å². The molecule has 0 aromatic heterocycles. The maximum atomic E-state index is 0. The Kier molecular flexibility index (Phi) is 104. The van der Waals surface area contributed by atoms with Crippen LogP contribution >= 0.6 is 0 Å². The summed E-state index contributed by atoms with van der Waals surface area (Å²) in [5.41, 5.74) is 0. The first kappa shape index (κ1) is 26.0. The first-order valence-corrected chi connectivity index (χ1v) is 0. The molecule has 0 fully saturated rings. The monoisotopic (exact) mass is 183 g/mol. The molecule has 0 rings (SSSR count). The van der Waals surface area contributed by atoms with Crippen LogP contribution in [0.15, 0.2) is 0 Å². The van der Waals surface area contributed by atoms with Gasteiger partial charge in [-0.1, -0.05) is 0 Å². The average Bonchev–Trinajstić information content (AvgIpc) is 0. The summed E-state index contributed by atoms with van der Waals surface area (Å²) in [6.07, 6.45) is 0. The molecule has 0 atom stereocenters. The Morgan fingerprint density at radius 2 is 1.00 bits per heavy atom. The Morgan fingerprint density at radius 1 is 1.00 bits per heavy atom. The van der Waals surface area contributed by atoms with Crippen LogP contribution in [-0.4, -0.2) is 87.4 Å².